The number of aliphatic imine (C=N–C) groups is 1. The van der Waals surface area contributed by atoms with Gasteiger partial charge in [0.2, 0.25) is 5.91 Å². The first-order chi connectivity index (χ1) is 18.4. The zero-order chi connectivity index (χ0) is 27.3. The van der Waals surface area contributed by atoms with E-state index in [1.807, 2.05) is 30.3 Å². The Bertz CT molecular complexity index is 1130. The molecule has 3 rings (SSSR count). The zero-order valence-corrected chi connectivity index (χ0v) is 22.4. The van der Waals surface area contributed by atoms with Gasteiger partial charge in [-0.25, -0.2) is 4.79 Å². The number of ether oxygens (including phenoxy) is 1. The molecule has 1 aliphatic rings. The second-order valence-corrected chi connectivity index (χ2v) is 9.93. The van der Waals surface area contributed by atoms with Gasteiger partial charge in [-0.3, -0.25) is 9.59 Å². The van der Waals surface area contributed by atoms with Gasteiger partial charge >= 0.3 is 6.09 Å². The Morgan fingerprint density at radius 1 is 1.11 bits per heavy atom. The first-order valence-corrected chi connectivity index (χ1v) is 13.3. The van der Waals surface area contributed by atoms with E-state index in [0.29, 0.717) is 23.3 Å². The maximum atomic E-state index is 13.1. The van der Waals surface area contributed by atoms with E-state index in [4.69, 9.17) is 16.3 Å². The van der Waals surface area contributed by atoms with Crippen molar-refractivity contribution in [3.05, 3.63) is 65.2 Å². The number of halogens is 1. The van der Waals surface area contributed by atoms with Gasteiger partial charge in [0.05, 0.1) is 6.04 Å². The summed E-state index contributed by atoms with van der Waals surface area (Å²) in [6, 6.07) is 15.2. The van der Waals surface area contributed by atoms with E-state index >= 15 is 0 Å². The fourth-order valence-electron chi connectivity index (χ4n) is 4.44. The van der Waals surface area contributed by atoms with Crippen LogP contribution in [0, 0.1) is 5.92 Å². The summed E-state index contributed by atoms with van der Waals surface area (Å²) >= 11 is 5.98. The molecule has 3 amide bonds. The molecule has 9 heteroatoms. The van der Waals surface area contributed by atoms with Crippen molar-refractivity contribution >= 4 is 47.2 Å². The molecule has 1 atom stereocenters. The summed E-state index contributed by atoms with van der Waals surface area (Å²) in [5.41, 5.74) is 1.47. The summed E-state index contributed by atoms with van der Waals surface area (Å²) in [6.45, 7) is -0.0325. The average molecular weight is 540 g/mol. The number of anilines is 1. The number of para-hydroxylation sites is 1. The van der Waals surface area contributed by atoms with Crippen molar-refractivity contribution in [2.75, 3.05) is 11.9 Å². The molecule has 202 valence electrons. The minimum absolute atomic E-state index is 0.0325. The molecule has 0 saturated heterocycles. The van der Waals surface area contributed by atoms with Crippen LogP contribution >= 0.6 is 11.6 Å². The molecular formula is C29H34ClN3O5. The van der Waals surface area contributed by atoms with E-state index in [9.17, 15) is 19.2 Å². The number of carbonyl (C=O) groups excluding carboxylic acids is 4. The minimum atomic E-state index is -0.894. The largest absolute Gasteiger partial charge is 0.443 e. The summed E-state index contributed by atoms with van der Waals surface area (Å²) in [5, 5.41) is 3.16. The molecule has 38 heavy (non-hydrogen) atoms. The maximum absolute atomic E-state index is 13.1. The lowest BCUT2D eigenvalue weighted by Gasteiger charge is -2.22. The van der Waals surface area contributed by atoms with E-state index in [0.717, 1.165) is 37.8 Å². The van der Waals surface area contributed by atoms with Crippen LogP contribution in [0.1, 0.15) is 56.9 Å². The quantitative estimate of drug-likeness (QED) is 0.299. The molecule has 2 aromatic rings. The number of nitrogens with one attached hydrogen (secondary N) is 1. The van der Waals surface area contributed by atoms with Crippen molar-refractivity contribution < 1.29 is 23.9 Å². The molecule has 0 unspecified atom stereocenters. The molecule has 2 aromatic carbocycles. The molecule has 8 nitrogen and oxygen atoms in total. The predicted octanol–water partition coefficient (Wildman–Crippen LogP) is 5.51. The van der Waals surface area contributed by atoms with E-state index in [1.54, 1.807) is 31.3 Å². The molecule has 0 aliphatic heterocycles. The van der Waals surface area contributed by atoms with Gasteiger partial charge in [-0.15, -0.1) is 0 Å². The first-order valence-electron chi connectivity index (χ1n) is 12.9. The average Bonchev–Trinajstić information content (AvgIpc) is 2.94. The number of rotatable bonds is 11. The van der Waals surface area contributed by atoms with Crippen LogP contribution in [0.5, 0.6) is 0 Å². The highest BCUT2D eigenvalue weighted by Gasteiger charge is 2.24. The van der Waals surface area contributed by atoms with Crippen LogP contribution in [-0.2, 0) is 25.7 Å². The van der Waals surface area contributed by atoms with Crippen molar-refractivity contribution in [3.63, 3.8) is 0 Å². The Hall–Kier alpha value is -3.52. The number of benzene rings is 2. The fourth-order valence-corrected chi connectivity index (χ4v) is 4.65. The highest BCUT2D eigenvalue weighted by atomic mass is 35.5. The fraction of sp³-hybridized carbons (Fsp3) is 0.414. The van der Waals surface area contributed by atoms with Gasteiger partial charge in [-0.2, -0.15) is 4.99 Å². The second-order valence-electron chi connectivity index (χ2n) is 9.49. The van der Waals surface area contributed by atoms with Crippen molar-refractivity contribution in [3.8, 4) is 0 Å². The van der Waals surface area contributed by atoms with Crippen LogP contribution < -0.4 is 10.2 Å². The smallest absolute Gasteiger partial charge is 0.434 e. The standard InChI is InChI=1S/C29H34ClN3O5/c1-33(25-13-6-3-7-14-25)27(35)16-15-24(19-34)31-28(36)26(18-21-9-4-2-5-10-21)32-29(37)38-20-22-11-8-12-23(30)17-22/h3,6-8,11-14,17,19,21,24H,2,4-5,9-10,15-16,18,20H2,1H3,(H,31,36)/b32-26+/t24-/m0/s1. The third kappa shape index (κ3) is 9.41. The van der Waals surface area contributed by atoms with E-state index in [1.165, 1.54) is 4.90 Å². The molecule has 0 aromatic heterocycles. The highest BCUT2D eigenvalue weighted by Crippen LogP contribution is 2.27. The molecule has 0 radical (unpaired) electrons. The lowest BCUT2D eigenvalue weighted by atomic mass is 9.85. The number of hydrogen-bond acceptors (Lipinski definition) is 5. The van der Waals surface area contributed by atoms with Crippen LogP contribution in [-0.4, -0.2) is 43.0 Å². The topological polar surface area (TPSA) is 105 Å². The van der Waals surface area contributed by atoms with Gasteiger partial charge in [-0.1, -0.05) is 74.0 Å². The molecule has 1 N–H and O–H groups in total. The van der Waals surface area contributed by atoms with Crippen molar-refractivity contribution in [1.29, 1.82) is 0 Å². The summed E-state index contributed by atoms with van der Waals surface area (Å²) in [4.78, 5) is 55.4. The molecule has 0 spiro atoms. The molecular weight excluding hydrogens is 506 g/mol. The minimum Gasteiger partial charge on any atom is -0.443 e. The number of aldehydes is 1. The molecule has 1 fully saturated rings. The summed E-state index contributed by atoms with van der Waals surface area (Å²) in [6.07, 6.45) is 5.39. The van der Waals surface area contributed by atoms with Crippen LogP contribution in [0.4, 0.5) is 10.5 Å². The SMILES string of the molecule is CN(C(=O)CC[C@@H](C=O)NC(=O)/C(CC1CCCCC1)=N/C(=O)OCc1cccc(Cl)c1)c1ccccc1. The van der Waals surface area contributed by atoms with Gasteiger partial charge in [-0.05, 0) is 48.6 Å². The van der Waals surface area contributed by atoms with Crippen LogP contribution in [0.15, 0.2) is 59.6 Å². The number of carbonyl (C=O) groups is 4. The zero-order valence-electron chi connectivity index (χ0n) is 21.6. The van der Waals surface area contributed by atoms with Gasteiger partial charge in [0, 0.05) is 24.2 Å². The summed E-state index contributed by atoms with van der Waals surface area (Å²) in [7, 11) is 1.66. The Morgan fingerprint density at radius 3 is 2.53 bits per heavy atom. The maximum Gasteiger partial charge on any atom is 0.434 e. The van der Waals surface area contributed by atoms with Crippen LogP contribution in [0.25, 0.3) is 0 Å². The third-order valence-corrected chi connectivity index (χ3v) is 6.85. The molecule has 0 bridgehead atoms. The van der Waals surface area contributed by atoms with Crippen molar-refractivity contribution in [2.45, 2.75) is 64.0 Å². The van der Waals surface area contributed by atoms with Crippen molar-refractivity contribution in [1.82, 2.24) is 5.32 Å². The number of nitrogens with zero attached hydrogens (tertiary/aromatic N) is 2. The Morgan fingerprint density at radius 2 is 1.84 bits per heavy atom. The van der Waals surface area contributed by atoms with Gasteiger partial charge < -0.3 is 19.7 Å². The summed E-state index contributed by atoms with van der Waals surface area (Å²) in [5.74, 6) is -0.556. The predicted molar refractivity (Wildman–Crippen MR) is 147 cm³/mol. The van der Waals surface area contributed by atoms with Crippen molar-refractivity contribution in [2.24, 2.45) is 10.9 Å². The monoisotopic (exact) mass is 539 g/mol. The molecule has 1 aliphatic carbocycles. The second kappa shape index (κ2) is 15.0. The highest BCUT2D eigenvalue weighted by molar-refractivity contribution is 6.40. The third-order valence-electron chi connectivity index (χ3n) is 6.61. The Labute approximate surface area is 228 Å². The van der Waals surface area contributed by atoms with Gasteiger partial charge in [0.15, 0.2) is 0 Å². The first kappa shape index (κ1) is 29.0. The van der Waals surface area contributed by atoms with Crippen LogP contribution in [0.2, 0.25) is 5.02 Å². The lowest BCUT2D eigenvalue weighted by molar-refractivity contribution is -0.121. The van der Waals surface area contributed by atoms with Gasteiger partial charge in [0.1, 0.15) is 18.6 Å². The Kier molecular flexibility index (Phi) is 11.5. The van der Waals surface area contributed by atoms with E-state index < -0.39 is 18.0 Å². The van der Waals surface area contributed by atoms with E-state index in [-0.39, 0.29) is 37.0 Å². The van der Waals surface area contributed by atoms with Crippen LogP contribution in [0.3, 0.4) is 0 Å². The normalized spacial score (nSPS) is 14.8. The summed E-state index contributed by atoms with van der Waals surface area (Å²) < 4.78 is 5.25. The number of amides is 3. The number of hydrogen-bond donors (Lipinski definition) is 1. The van der Waals surface area contributed by atoms with E-state index in [2.05, 4.69) is 10.3 Å². The lowest BCUT2D eigenvalue weighted by Crippen LogP contribution is -2.42. The van der Waals surface area contributed by atoms with Gasteiger partial charge in [0.25, 0.3) is 5.91 Å². The Balaban J connectivity index is 1.62. The molecule has 0 heterocycles. The molecule has 1 saturated carbocycles.